The van der Waals surface area contributed by atoms with Crippen LogP contribution in [0, 0.1) is 5.82 Å². The molecule has 32 heavy (non-hydrogen) atoms. The standard InChI is InChI=1S/C20H17F4N3O3S2/c1-12(27-32(29,30)17-8-3-2-7-16(17)21)18(28)26-19-25-11-15(31-19)10-13-5-4-6-14(9-13)20(22,23)24/h2-9,11-12,27H,10H2,1H3,(H,25,26,28)/t12-/m0/s1. The van der Waals surface area contributed by atoms with Crippen molar-refractivity contribution in [2.75, 3.05) is 5.32 Å². The second kappa shape index (κ2) is 9.35. The maximum absolute atomic E-state index is 13.8. The third-order valence-electron chi connectivity index (χ3n) is 4.27. The number of hydrogen-bond acceptors (Lipinski definition) is 5. The molecule has 0 saturated heterocycles. The first-order valence-corrected chi connectivity index (χ1v) is 11.4. The molecule has 3 rings (SSSR count). The number of thiazole rings is 1. The van der Waals surface area contributed by atoms with Crippen molar-refractivity contribution >= 4 is 32.4 Å². The van der Waals surface area contributed by atoms with Crippen molar-refractivity contribution in [3.8, 4) is 0 Å². The Balaban J connectivity index is 1.64. The number of aromatic nitrogens is 1. The predicted molar refractivity (Wildman–Crippen MR) is 111 cm³/mol. The number of alkyl halides is 3. The number of carbonyl (C=O) groups excluding carboxylic acids is 1. The highest BCUT2D eigenvalue weighted by Crippen LogP contribution is 2.30. The third-order valence-corrected chi connectivity index (χ3v) is 6.75. The minimum Gasteiger partial charge on any atom is -0.301 e. The lowest BCUT2D eigenvalue weighted by Crippen LogP contribution is -2.41. The van der Waals surface area contributed by atoms with Gasteiger partial charge in [0.25, 0.3) is 0 Å². The number of amides is 1. The molecule has 0 aliphatic carbocycles. The Morgan fingerprint density at radius 2 is 1.88 bits per heavy atom. The van der Waals surface area contributed by atoms with E-state index in [0.717, 1.165) is 35.6 Å². The van der Waals surface area contributed by atoms with Gasteiger partial charge >= 0.3 is 6.18 Å². The Morgan fingerprint density at radius 1 is 1.16 bits per heavy atom. The van der Waals surface area contributed by atoms with E-state index >= 15 is 0 Å². The van der Waals surface area contributed by atoms with E-state index in [1.807, 2.05) is 0 Å². The van der Waals surface area contributed by atoms with Crippen molar-refractivity contribution in [1.29, 1.82) is 0 Å². The van der Waals surface area contributed by atoms with E-state index in [2.05, 4.69) is 15.0 Å². The topological polar surface area (TPSA) is 88.2 Å². The molecule has 0 bridgehead atoms. The summed E-state index contributed by atoms with van der Waals surface area (Å²) in [4.78, 5) is 16.4. The van der Waals surface area contributed by atoms with Crippen LogP contribution in [0.5, 0.6) is 0 Å². The first-order chi connectivity index (χ1) is 15.0. The zero-order valence-electron chi connectivity index (χ0n) is 16.5. The average Bonchev–Trinajstić information content (AvgIpc) is 3.14. The number of nitrogens with one attached hydrogen (secondary N) is 2. The first kappa shape index (κ1) is 23.8. The predicted octanol–water partition coefficient (Wildman–Crippen LogP) is 4.20. The van der Waals surface area contributed by atoms with Crippen LogP contribution >= 0.6 is 11.3 Å². The number of halogens is 4. The maximum Gasteiger partial charge on any atom is 0.416 e. The number of nitrogens with zero attached hydrogens (tertiary/aromatic N) is 1. The molecular formula is C20H17F4N3O3S2. The molecule has 0 aliphatic heterocycles. The van der Waals surface area contributed by atoms with Crippen LogP contribution in [0.3, 0.4) is 0 Å². The molecule has 1 heterocycles. The molecule has 1 amide bonds. The van der Waals surface area contributed by atoms with Gasteiger partial charge in [-0.2, -0.15) is 17.9 Å². The van der Waals surface area contributed by atoms with Crippen molar-refractivity contribution in [2.24, 2.45) is 0 Å². The maximum atomic E-state index is 13.8. The molecule has 0 unspecified atom stereocenters. The van der Waals surface area contributed by atoms with Gasteiger partial charge in [0.05, 0.1) is 11.6 Å². The molecule has 1 atom stereocenters. The number of sulfonamides is 1. The van der Waals surface area contributed by atoms with Crippen LogP contribution in [0.25, 0.3) is 0 Å². The van der Waals surface area contributed by atoms with Gasteiger partial charge in [-0.1, -0.05) is 30.3 Å². The van der Waals surface area contributed by atoms with Gasteiger partial charge in [0, 0.05) is 17.5 Å². The van der Waals surface area contributed by atoms with E-state index in [9.17, 15) is 30.8 Å². The Hall–Kier alpha value is -2.83. The van der Waals surface area contributed by atoms with Crippen LogP contribution in [-0.2, 0) is 27.4 Å². The van der Waals surface area contributed by atoms with E-state index in [1.54, 1.807) is 6.07 Å². The zero-order chi connectivity index (χ0) is 23.5. The number of hydrogen-bond donors (Lipinski definition) is 2. The van der Waals surface area contributed by atoms with Gasteiger partial charge < -0.3 is 5.32 Å². The average molecular weight is 488 g/mol. The first-order valence-electron chi connectivity index (χ1n) is 9.14. The lowest BCUT2D eigenvalue weighted by atomic mass is 10.1. The zero-order valence-corrected chi connectivity index (χ0v) is 18.1. The lowest BCUT2D eigenvalue weighted by Gasteiger charge is -2.13. The summed E-state index contributed by atoms with van der Waals surface area (Å²) in [5, 5.41) is 2.59. The molecule has 2 aromatic carbocycles. The second-order valence-electron chi connectivity index (χ2n) is 6.77. The van der Waals surface area contributed by atoms with Gasteiger partial charge in [0.2, 0.25) is 15.9 Å². The number of rotatable bonds is 7. The van der Waals surface area contributed by atoms with Crippen LogP contribution in [0.1, 0.15) is 22.9 Å². The highest BCUT2D eigenvalue weighted by Gasteiger charge is 2.30. The fraction of sp³-hybridized carbons (Fsp3) is 0.200. The van der Waals surface area contributed by atoms with Crippen molar-refractivity contribution in [3.63, 3.8) is 0 Å². The molecule has 0 saturated carbocycles. The highest BCUT2D eigenvalue weighted by molar-refractivity contribution is 7.89. The minimum atomic E-state index is -4.45. The summed E-state index contributed by atoms with van der Waals surface area (Å²) in [6.07, 6.45) is -2.86. The molecule has 1 aromatic heterocycles. The Morgan fingerprint density at radius 3 is 2.56 bits per heavy atom. The SMILES string of the molecule is C[C@H](NS(=O)(=O)c1ccccc1F)C(=O)Nc1ncc(Cc2cccc(C(F)(F)F)c2)s1. The summed E-state index contributed by atoms with van der Waals surface area (Å²) in [5.74, 6) is -1.68. The van der Waals surface area contributed by atoms with Crippen LogP contribution in [-0.4, -0.2) is 25.4 Å². The normalized spacial score (nSPS) is 13.0. The van der Waals surface area contributed by atoms with Crippen molar-refractivity contribution in [1.82, 2.24) is 9.71 Å². The van der Waals surface area contributed by atoms with Crippen LogP contribution in [0.15, 0.2) is 59.6 Å². The molecule has 2 N–H and O–H groups in total. The molecule has 0 fully saturated rings. The van der Waals surface area contributed by atoms with Gasteiger partial charge in [-0.25, -0.2) is 17.8 Å². The quantitative estimate of drug-likeness (QED) is 0.489. The van der Waals surface area contributed by atoms with Crippen molar-refractivity contribution in [2.45, 2.75) is 30.5 Å². The third kappa shape index (κ3) is 5.90. The Kier molecular flexibility index (Phi) is 6.96. The monoisotopic (exact) mass is 487 g/mol. The summed E-state index contributed by atoms with van der Waals surface area (Å²) < 4.78 is 79.0. The molecule has 170 valence electrons. The number of anilines is 1. The van der Waals surface area contributed by atoms with Gasteiger partial charge in [-0.15, -0.1) is 11.3 Å². The van der Waals surface area contributed by atoms with Crippen LogP contribution in [0.2, 0.25) is 0 Å². The summed E-state index contributed by atoms with van der Waals surface area (Å²) in [5.41, 5.74) is -0.337. The fourth-order valence-electron chi connectivity index (χ4n) is 2.73. The van der Waals surface area contributed by atoms with Crippen molar-refractivity contribution < 1.29 is 30.8 Å². The van der Waals surface area contributed by atoms with Gasteiger partial charge in [0.15, 0.2) is 5.13 Å². The van der Waals surface area contributed by atoms with Crippen LogP contribution in [0.4, 0.5) is 22.7 Å². The summed E-state index contributed by atoms with van der Waals surface area (Å²) in [6, 6.07) is 8.38. The Labute approximate surface area is 185 Å². The lowest BCUT2D eigenvalue weighted by molar-refractivity contribution is -0.137. The molecule has 0 aliphatic rings. The van der Waals surface area contributed by atoms with Crippen LogP contribution < -0.4 is 10.0 Å². The smallest absolute Gasteiger partial charge is 0.301 e. The molecule has 0 radical (unpaired) electrons. The molecule has 12 heteroatoms. The van der Waals surface area contributed by atoms with Gasteiger partial charge in [-0.3, -0.25) is 4.79 Å². The van der Waals surface area contributed by atoms with Gasteiger partial charge in [0.1, 0.15) is 10.7 Å². The minimum absolute atomic E-state index is 0.147. The van der Waals surface area contributed by atoms with E-state index in [0.29, 0.717) is 10.4 Å². The van der Waals surface area contributed by atoms with E-state index in [-0.39, 0.29) is 11.6 Å². The fourth-order valence-corrected chi connectivity index (χ4v) is 4.86. The Bertz CT molecular complexity index is 1230. The summed E-state index contributed by atoms with van der Waals surface area (Å²) >= 11 is 1.04. The van der Waals surface area contributed by atoms with Crippen molar-refractivity contribution in [3.05, 3.63) is 76.5 Å². The molecule has 0 spiro atoms. The summed E-state index contributed by atoms with van der Waals surface area (Å²) in [7, 11) is -4.27. The summed E-state index contributed by atoms with van der Waals surface area (Å²) in [6.45, 7) is 1.28. The number of carbonyl (C=O) groups is 1. The second-order valence-corrected chi connectivity index (χ2v) is 9.57. The number of benzene rings is 2. The van der Waals surface area contributed by atoms with E-state index in [4.69, 9.17) is 0 Å². The molecular weight excluding hydrogens is 470 g/mol. The van der Waals surface area contributed by atoms with E-state index in [1.165, 1.54) is 31.3 Å². The van der Waals surface area contributed by atoms with E-state index < -0.39 is 44.4 Å². The van der Waals surface area contributed by atoms with Gasteiger partial charge in [-0.05, 0) is 30.7 Å². The highest BCUT2D eigenvalue weighted by atomic mass is 32.2. The molecule has 6 nitrogen and oxygen atoms in total. The molecule has 3 aromatic rings. The largest absolute Gasteiger partial charge is 0.416 e.